The third kappa shape index (κ3) is 5.72. The fraction of sp³-hybridized carbons (Fsp3) is 0.706. The average Bonchev–Trinajstić information content (AvgIpc) is 3.15. The number of rotatable bonds is 7. The molecule has 0 aromatic carbocycles. The van der Waals surface area contributed by atoms with Gasteiger partial charge in [-0.05, 0) is 24.5 Å². The number of aliphatic imine (C=N–C) groups is 1. The van der Waals surface area contributed by atoms with Crippen LogP contribution in [0.1, 0.15) is 26.0 Å². The average molecular weight is 307 g/mol. The Bertz CT molecular complexity index is 437. The van der Waals surface area contributed by atoms with Crippen LogP contribution in [0.25, 0.3) is 0 Å². The number of nitrogens with one attached hydrogen (secondary N) is 1. The van der Waals surface area contributed by atoms with Crippen molar-refractivity contribution in [2.45, 2.75) is 26.7 Å². The van der Waals surface area contributed by atoms with E-state index in [0.717, 1.165) is 57.4 Å². The second kappa shape index (κ2) is 8.83. The van der Waals surface area contributed by atoms with E-state index in [0.29, 0.717) is 11.8 Å². The quantitative estimate of drug-likeness (QED) is 0.621. The van der Waals surface area contributed by atoms with Gasteiger partial charge in [0, 0.05) is 45.6 Å². The molecule has 0 spiro atoms. The molecule has 0 aliphatic carbocycles. The van der Waals surface area contributed by atoms with Gasteiger partial charge in [0.15, 0.2) is 5.96 Å². The molecule has 1 N–H and O–H groups in total. The topological polar surface area (TPSA) is 50.0 Å². The molecule has 0 radical (unpaired) electrons. The van der Waals surface area contributed by atoms with Gasteiger partial charge in [0.25, 0.3) is 0 Å². The Balaban J connectivity index is 1.84. The lowest BCUT2D eigenvalue weighted by Crippen LogP contribution is -2.42. The minimum absolute atomic E-state index is 0.560. The molecule has 1 aliphatic heterocycles. The van der Waals surface area contributed by atoms with Crippen LogP contribution in [0.2, 0.25) is 0 Å². The highest BCUT2D eigenvalue weighted by Crippen LogP contribution is 2.13. The minimum atomic E-state index is 0.560. The van der Waals surface area contributed by atoms with Crippen LogP contribution in [-0.2, 0) is 11.2 Å². The Morgan fingerprint density at radius 1 is 1.50 bits per heavy atom. The maximum atomic E-state index is 5.47. The molecular formula is C17H29N3O2. The van der Waals surface area contributed by atoms with E-state index < -0.39 is 0 Å². The van der Waals surface area contributed by atoms with Crippen LogP contribution < -0.4 is 5.32 Å². The normalized spacial score (nSPS) is 18.9. The molecule has 0 bridgehead atoms. The van der Waals surface area contributed by atoms with Crippen molar-refractivity contribution in [2.75, 3.05) is 39.9 Å². The zero-order valence-electron chi connectivity index (χ0n) is 14.0. The van der Waals surface area contributed by atoms with E-state index in [2.05, 4.69) is 31.1 Å². The van der Waals surface area contributed by atoms with Crippen LogP contribution in [-0.4, -0.2) is 50.8 Å². The van der Waals surface area contributed by atoms with Crippen molar-refractivity contribution < 1.29 is 9.15 Å². The summed E-state index contributed by atoms with van der Waals surface area (Å²) in [6, 6.07) is 3.93. The number of furan rings is 1. The second-order valence-electron chi connectivity index (χ2n) is 6.42. The molecule has 0 saturated carbocycles. The van der Waals surface area contributed by atoms with Gasteiger partial charge < -0.3 is 19.4 Å². The lowest BCUT2D eigenvalue weighted by atomic mass is 10.1. The molecule has 5 nitrogen and oxygen atoms in total. The standard InChI is InChI=1S/C17H29N3O2/c1-14(2)11-19-17(18-8-6-16-5-4-9-22-16)20(3)12-15-7-10-21-13-15/h4-5,9,14-15H,6-8,10-13H2,1-3H3,(H,18,19). The lowest BCUT2D eigenvalue weighted by molar-refractivity contribution is 0.181. The number of nitrogens with zero attached hydrogens (tertiary/aromatic N) is 2. The van der Waals surface area contributed by atoms with Gasteiger partial charge >= 0.3 is 0 Å². The smallest absolute Gasteiger partial charge is 0.193 e. The first-order valence-corrected chi connectivity index (χ1v) is 8.24. The monoisotopic (exact) mass is 307 g/mol. The summed E-state index contributed by atoms with van der Waals surface area (Å²) < 4.78 is 10.8. The Labute approximate surface area is 133 Å². The molecule has 1 unspecified atom stereocenters. The van der Waals surface area contributed by atoms with Crippen LogP contribution in [0.15, 0.2) is 27.8 Å². The van der Waals surface area contributed by atoms with Crippen molar-refractivity contribution in [3.05, 3.63) is 24.2 Å². The van der Waals surface area contributed by atoms with E-state index >= 15 is 0 Å². The van der Waals surface area contributed by atoms with Gasteiger partial charge in [0.05, 0.1) is 12.9 Å². The Morgan fingerprint density at radius 3 is 3.00 bits per heavy atom. The second-order valence-corrected chi connectivity index (χ2v) is 6.42. The number of ether oxygens (including phenoxy) is 1. The summed E-state index contributed by atoms with van der Waals surface area (Å²) in [5.41, 5.74) is 0. The van der Waals surface area contributed by atoms with Crippen LogP contribution in [0, 0.1) is 11.8 Å². The molecule has 1 aromatic heterocycles. The zero-order chi connectivity index (χ0) is 15.8. The van der Waals surface area contributed by atoms with Gasteiger partial charge in [0.2, 0.25) is 0 Å². The molecular weight excluding hydrogens is 278 g/mol. The maximum Gasteiger partial charge on any atom is 0.193 e. The van der Waals surface area contributed by atoms with E-state index in [9.17, 15) is 0 Å². The van der Waals surface area contributed by atoms with Crippen molar-refractivity contribution in [1.29, 1.82) is 0 Å². The largest absolute Gasteiger partial charge is 0.469 e. The summed E-state index contributed by atoms with van der Waals surface area (Å²) in [5, 5.41) is 3.46. The maximum absolute atomic E-state index is 5.47. The van der Waals surface area contributed by atoms with Crippen LogP contribution in [0.4, 0.5) is 0 Å². The van der Waals surface area contributed by atoms with Gasteiger partial charge in [-0.2, -0.15) is 0 Å². The fourth-order valence-electron chi connectivity index (χ4n) is 2.53. The number of guanidine groups is 1. The lowest BCUT2D eigenvalue weighted by Gasteiger charge is -2.25. The van der Waals surface area contributed by atoms with Crippen molar-refractivity contribution in [2.24, 2.45) is 16.8 Å². The third-order valence-corrected chi connectivity index (χ3v) is 3.76. The first kappa shape index (κ1) is 16.9. The summed E-state index contributed by atoms with van der Waals surface area (Å²) in [7, 11) is 2.11. The molecule has 1 fully saturated rings. The third-order valence-electron chi connectivity index (χ3n) is 3.76. The van der Waals surface area contributed by atoms with Crippen LogP contribution in [0.3, 0.4) is 0 Å². The fourth-order valence-corrected chi connectivity index (χ4v) is 2.53. The molecule has 22 heavy (non-hydrogen) atoms. The van der Waals surface area contributed by atoms with Crippen molar-refractivity contribution in [1.82, 2.24) is 10.2 Å². The van der Waals surface area contributed by atoms with Crippen LogP contribution >= 0.6 is 0 Å². The Morgan fingerprint density at radius 2 is 2.36 bits per heavy atom. The SMILES string of the molecule is CC(C)CN=C(NCCc1ccco1)N(C)CC1CCOC1. The van der Waals surface area contributed by atoms with Gasteiger partial charge in [-0.25, -0.2) is 0 Å². The molecule has 2 rings (SSSR count). The summed E-state index contributed by atoms with van der Waals surface area (Å²) in [6.07, 6.45) is 3.73. The van der Waals surface area contributed by atoms with Gasteiger partial charge in [-0.1, -0.05) is 13.8 Å². The highest BCUT2D eigenvalue weighted by Gasteiger charge is 2.19. The molecule has 5 heteroatoms. The molecule has 0 amide bonds. The molecule has 124 valence electrons. The summed E-state index contributed by atoms with van der Waals surface area (Å²) in [4.78, 5) is 6.97. The molecule has 1 aromatic rings. The Kier molecular flexibility index (Phi) is 6.77. The van der Waals surface area contributed by atoms with Crippen LogP contribution in [0.5, 0.6) is 0 Å². The van der Waals surface area contributed by atoms with E-state index in [1.54, 1.807) is 6.26 Å². The summed E-state index contributed by atoms with van der Waals surface area (Å²) in [5.74, 6) is 3.15. The highest BCUT2D eigenvalue weighted by molar-refractivity contribution is 5.79. The minimum Gasteiger partial charge on any atom is -0.469 e. The predicted molar refractivity (Wildman–Crippen MR) is 89.1 cm³/mol. The van der Waals surface area contributed by atoms with Crippen molar-refractivity contribution in [3.8, 4) is 0 Å². The van der Waals surface area contributed by atoms with E-state index in [1.807, 2.05) is 12.1 Å². The molecule has 1 saturated heterocycles. The Hall–Kier alpha value is -1.49. The number of hydrogen-bond acceptors (Lipinski definition) is 3. The van der Waals surface area contributed by atoms with E-state index in [1.165, 1.54) is 0 Å². The summed E-state index contributed by atoms with van der Waals surface area (Å²) >= 11 is 0. The van der Waals surface area contributed by atoms with Gasteiger partial charge in [0.1, 0.15) is 5.76 Å². The first-order valence-electron chi connectivity index (χ1n) is 8.24. The predicted octanol–water partition coefficient (Wildman–Crippen LogP) is 2.39. The molecule has 1 atom stereocenters. The van der Waals surface area contributed by atoms with Gasteiger partial charge in [-0.3, -0.25) is 4.99 Å². The van der Waals surface area contributed by atoms with Gasteiger partial charge in [-0.15, -0.1) is 0 Å². The van der Waals surface area contributed by atoms with E-state index in [4.69, 9.17) is 14.1 Å². The molecule has 1 aliphatic rings. The number of hydrogen-bond donors (Lipinski definition) is 1. The van der Waals surface area contributed by atoms with Crippen molar-refractivity contribution in [3.63, 3.8) is 0 Å². The molecule has 2 heterocycles. The van der Waals surface area contributed by atoms with E-state index in [-0.39, 0.29) is 0 Å². The first-order chi connectivity index (χ1) is 10.6. The summed E-state index contributed by atoms with van der Waals surface area (Å²) in [6.45, 7) is 8.80. The van der Waals surface area contributed by atoms with Crippen molar-refractivity contribution >= 4 is 5.96 Å². The zero-order valence-corrected chi connectivity index (χ0v) is 14.0. The highest BCUT2D eigenvalue weighted by atomic mass is 16.5.